The van der Waals surface area contributed by atoms with E-state index in [-0.39, 0.29) is 17.5 Å². The van der Waals surface area contributed by atoms with Crippen LogP contribution >= 0.6 is 0 Å². The number of sulfone groups is 1. The predicted octanol–water partition coefficient (Wildman–Crippen LogP) is 2.56. The van der Waals surface area contributed by atoms with Crippen LogP contribution in [0.2, 0.25) is 0 Å². The second kappa shape index (κ2) is 5.45. The first-order chi connectivity index (χ1) is 7.94. The SMILES string of the molecule is CCC(C(C)=O)c1ccccc1S(=O)(=O)CC. The van der Waals surface area contributed by atoms with Gasteiger partial charge in [-0.2, -0.15) is 0 Å². The summed E-state index contributed by atoms with van der Waals surface area (Å²) in [5.74, 6) is -0.267. The van der Waals surface area contributed by atoms with Gasteiger partial charge < -0.3 is 0 Å². The summed E-state index contributed by atoms with van der Waals surface area (Å²) >= 11 is 0. The maximum absolute atomic E-state index is 12.0. The highest BCUT2D eigenvalue weighted by Gasteiger charge is 2.23. The maximum atomic E-state index is 12.0. The minimum Gasteiger partial charge on any atom is -0.299 e. The first-order valence-electron chi connectivity index (χ1n) is 5.76. The Morgan fingerprint density at radius 2 is 1.82 bits per heavy atom. The third kappa shape index (κ3) is 2.94. The van der Waals surface area contributed by atoms with Crippen molar-refractivity contribution in [3.05, 3.63) is 29.8 Å². The van der Waals surface area contributed by atoms with Gasteiger partial charge in [-0.3, -0.25) is 4.79 Å². The van der Waals surface area contributed by atoms with Crippen LogP contribution in [0.25, 0.3) is 0 Å². The fourth-order valence-electron chi connectivity index (χ4n) is 1.93. The molecule has 0 saturated heterocycles. The predicted molar refractivity (Wildman–Crippen MR) is 67.9 cm³/mol. The number of benzene rings is 1. The first kappa shape index (κ1) is 13.9. The zero-order chi connectivity index (χ0) is 13.1. The van der Waals surface area contributed by atoms with E-state index in [1.54, 1.807) is 31.2 Å². The van der Waals surface area contributed by atoms with Gasteiger partial charge >= 0.3 is 0 Å². The van der Waals surface area contributed by atoms with Crippen LogP contribution in [0.5, 0.6) is 0 Å². The molecule has 0 N–H and O–H groups in total. The Morgan fingerprint density at radius 3 is 2.29 bits per heavy atom. The summed E-state index contributed by atoms with van der Waals surface area (Å²) in [6.45, 7) is 5.01. The third-order valence-corrected chi connectivity index (χ3v) is 4.71. The summed E-state index contributed by atoms with van der Waals surface area (Å²) in [5.41, 5.74) is 0.629. The number of rotatable bonds is 5. The van der Waals surface area contributed by atoms with E-state index in [2.05, 4.69) is 0 Å². The van der Waals surface area contributed by atoms with Crippen LogP contribution in [-0.2, 0) is 14.6 Å². The van der Waals surface area contributed by atoms with Crippen LogP contribution in [0, 0.1) is 0 Å². The Bertz CT molecular complexity index is 503. The Balaban J connectivity index is 3.40. The van der Waals surface area contributed by atoms with Crippen molar-refractivity contribution >= 4 is 15.6 Å². The van der Waals surface area contributed by atoms with Crippen molar-refractivity contribution in [2.24, 2.45) is 0 Å². The normalized spacial score (nSPS) is 13.4. The van der Waals surface area contributed by atoms with Gasteiger partial charge in [-0.25, -0.2) is 8.42 Å². The Labute approximate surface area is 103 Å². The van der Waals surface area contributed by atoms with Crippen LogP contribution in [0.1, 0.15) is 38.7 Å². The van der Waals surface area contributed by atoms with Crippen molar-refractivity contribution in [2.45, 2.75) is 38.0 Å². The number of carbonyl (C=O) groups excluding carboxylic acids is 1. The molecule has 0 heterocycles. The average molecular weight is 254 g/mol. The standard InChI is InChI=1S/C13H18O3S/c1-4-11(10(3)14)12-8-6-7-9-13(12)17(15,16)5-2/h6-9,11H,4-5H2,1-3H3. The Kier molecular flexibility index (Phi) is 4.46. The number of hydrogen-bond donors (Lipinski definition) is 0. The molecule has 0 radical (unpaired) electrons. The van der Waals surface area contributed by atoms with E-state index in [1.807, 2.05) is 6.92 Å². The second-order valence-corrected chi connectivity index (χ2v) is 6.26. The molecule has 3 nitrogen and oxygen atoms in total. The molecule has 0 saturated carbocycles. The van der Waals surface area contributed by atoms with Crippen molar-refractivity contribution in [3.63, 3.8) is 0 Å². The van der Waals surface area contributed by atoms with Gasteiger partial charge in [0.25, 0.3) is 0 Å². The Morgan fingerprint density at radius 1 is 1.24 bits per heavy atom. The van der Waals surface area contributed by atoms with Crippen molar-refractivity contribution in [1.82, 2.24) is 0 Å². The fraction of sp³-hybridized carbons (Fsp3) is 0.462. The van der Waals surface area contributed by atoms with Gasteiger partial charge in [0.2, 0.25) is 0 Å². The second-order valence-electron chi connectivity index (χ2n) is 4.01. The van der Waals surface area contributed by atoms with Crippen LogP contribution in [-0.4, -0.2) is 20.0 Å². The van der Waals surface area contributed by atoms with Crippen molar-refractivity contribution in [2.75, 3.05) is 5.75 Å². The van der Waals surface area contributed by atoms with Gasteiger partial charge in [0.1, 0.15) is 5.78 Å². The number of hydrogen-bond acceptors (Lipinski definition) is 3. The molecule has 0 aromatic heterocycles. The summed E-state index contributed by atoms with van der Waals surface area (Å²) < 4.78 is 23.9. The van der Waals surface area contributed by atoms with Gasteiger partial charge in [-0.1, -0.05) is 32.0 Å². The van der Waals surface area contributed by atoms with Gasteiger partial charge in [0.15, 0.2) is 9.84 Å². The molecular weight excluding hydrogens is 236 g/mol. The minimum atomic E-state index is -3.27. The lowest BCUT2D eigenvalue weighted by molar-refractivity contribution is -0.118. The fourth-order valence-corrected chi connectivity index (χ4v) is 3.10. The van der Waals surface area contributed by atoms with Crippen LogP contribution in [0.3, 0.4) is 0 Å². The van der Waals surface area contributed by atoms with Crippen LogP contribution in [0.15, 0.2) is 29.2 Å². The molecule has 0 spiro atoms. The van der Waals surface area contributed by atoms with E-state index >= 15 is 0 Å². The monoisotopic (exact) mass is 254 g/mol. The first-order valence-corrected chi connectivity index (χ1v) is 7.41. The van der Waals surface area contributed by atoms with E-state index < -0.39 is 9.84 Å². The lowest BCUT2D eigenvalue weighted by atomic mass is 9.93. The van der Waals surface area contributed by atoms with Gasteiger partial charge in [0.05, 0.1) is 10.6 Å². The van der Waals surface area contributed by atoms with Gasteiger partial charge in [-0.15, -0.1) is 0 Å². The summed E-state index contributed by atoms with van der Waals surface area (Å²) in [7, 11) is -3.27. The molecule has 0 fully saturated rings. The quantitative estimate of drug-likeness (QED) is 0.811. The van der Waals surface area contributed by atoms with E-state index in [1.165, 1.54) is 6.92 Å². The highest BCUT2D eigenvalue weighted by atomic mass is 32.2. The number of Topliss-reactive ketones (excluding diaryl/α,β-unsaturated/α-hetero) is 1. The molecule has 1 rings (SSSR count). The smallest absolute Gasteiger partial charge is 0.178 e. The molecule has 0 aliphatic carbocycles. The number of carbonyl (C=O) groups is 1. The molecular formula is C13H18O3S. The number of ketones is 1. The van der Waals surface area contributed by atoms with Crippen molar-refractivity contribution in [1.29, 1.82) is 0 Å². The lowest BCUT2D eigenvalue weighted by Gasteiger charge is -2.16. The minimum absolute atomic E-state index is 0.00579. The molecule has 4 heteroatoms. The van der Waals surface area contributed by atoms with E-state index in [0.717, 1.165) is 0 Å². The summed E-state index contributed by atoms with van der Waals surface area (Å²) in [6, 6.07) is 6.78. The van der Waals surface area contributed by atoms with Crippen LogP contribution < -0.4 is 0 Å². The Hall–Kier alpha value is -1.16. The molecule has 1 aromatic carbocycles. The molecule has 1 unspecified atom stereocenters. The zero-order valence-corrected chi connectivity index (χ0v) is 11.3. The van der Waals surface area contributed by atoms with Crippen molar-refractivity contribution < 1.29 is 13.2 Å². The highest BCUT2D eigenvalue weighted by molar-refractivity contribution is 7.91. The highest BCUT2D eigenvalue weighted by Crippen LogP contribution is 2.27. The lowest BCUT2D eigenvalue weighted by Crippen LogP contribution is -2.14. The summed E-state index contributed by atoms with van der Waals surface area (Å²) in [5, 5.41) is 0. The molecule has 1 atom stereocenters. The van der Waals surface area contributed by atoms with E-state index in [9.17, 15) is 13.2 Å². The van der Waals surface area contributed by atoms with Crippen molar-refractivity contribution in [3.8, 4) is 0 Å². The molecule has 94 valence electrons. The largest absolute Gasteiger partial charge is 0.299 e. The molecule has 0 amide bonds. The van der Waals surface area contributed by atoms with Gasteiger partial charge in [-0.05, 0) is 25.0 Å². The van der Waals surface area contributed by atoms with E-state index in [0.29, 0.717) is 16.9 Å². The third-order valence-electron chi connectivity index (χ3n) is 2.91. The average Bonchev–Trinajstić information content (AvgIpc) is 2.30. The topological polar surface area (TPSA) is 51.2 Å². The molecule has 0 aliphatic heterocycles. The zero-order valence-electron chi connectivity index (χ0n) is 10.4. The summed E-state index contributed by atoms with van der Waals surface area (Å²) in [6.07, 6.45) is 0.617. The molecule has 1 aromatic rings. The summed E-state index contributed by atoms with van der Waals surface area (Å²) in [4.78, 5) is 11.8. The van der Waals surface area contributed by atoms with Gasteiger partial charge in [0, 0.05) is 5.92 Å². The molecule has 0 aliphatic rings. The molecule has 17 heavy (non-hydrogen) atoms. The van der Waals surface area contributed by atoms with E-state index in [4.69, 9.17) is 0 Å². The van der Waals surface area contributed by atoms with Crippen LogP contribution in [0.4, 0.5) is 0 Å². The molecule has 0 bridgehead atoms. The maximum Gasteiger partial charge on any atom is 0.178 e.